The van der Waals surface area contributed by atoms with Gasteiger partial charge in [0.2, 0.25) is 0 Å². The highest BCUT2D eigenvalue weighted by Crippen LogP contribution is 2.25. The van der Waals surface area contributed by atoms with Crippen molar-refractivity contribution in [2.45, 2.75) is 0 Å². The van der Waals surface area contributed by atoms with E-state index >= 15 is 0 Å². The first-order chi connectivity index (χ1) is 7.95. The van der Waals surface area contributed by atoms with E-state index in [4.69, 9.17) is 0 Å². The van der Waals surface area contributed by atoms with Crippen molar-refractivity contribution in [3.8, 4) is 11.3 Å². The molecule has 0 atom stereocenters. The van der Waals surface area contributed by atoms with Gasteiger partial charge in [-0.2, -0.15) is 0 Å². The van der Waals surface area contributed by atoms with Crippen LogP contribution in [0.4, 0.5) is 0 Å². The van der Waals surface area contributed by atoms with Crippen molar-refractivity contribution >= 4 is 10.8 Å². The minimum absolute atomic E-state index is 0.965. The first kappa shape index (κ1) is 9.04. The molecule has 0 bridgehead atoms. The number of aromatic nitrogens is 2. The van der Waals surface area contributed by atoms with Gasteiger partial charge in [0.25, 0.3) is 0 Å². The molecule has 2 heteroatoms. The summed E-state index contributed by atoms with van der Waals surface area (Å²) in [6.07, 6.45) is 5.55. The lowest BCUT2D eigenvalue weighted by molar-refractivity contribution is 1.30. The molecule has 0 radical (unpaired) electrons. The molecule has 0 N–H and O–H groups in total. The van der Waals surface area contributed by atoms with E-state index in [0.717, 1.165) is 16.6 Å². The summed E-state index contributed by atoms with van der Waals surface area (Å²) in [6, 6.07) is 14.1. The molecule has 16 heavy (non-hydrogen) atoms. The van der Waals surface area contributed by atoms with Crippen LogP contribution in [-0.2, 0) is 0 Å². The van der Waals surface area contributed by atoms with Gasteiger partial charge < -0.3 is 0 Å². The topological polar surface area (TPSA) is 25.8 Å². The maximum atomic E-state index is 4.36. The molecule has 76 valence electrons. The molecule has 0 aliphatic carbocycles. The Hall–Kier alpha value is -2.22. The van der Waals surface area contributed by atoms with E-state index in [9.17, 15) is 0 Å². The minimum atomic E-state index is 0.965. The maximum absolute atomic E-state index is 4.36. The molecule has 0 spiro atoms. The molecular formula is C14H10N2. The van der Waals surface area contributed by atoms with Gasteiger partial charge in [-0.15, -0.1) is 0 Å². The van der Waals surface area contributed by atoms with Crippen LogP contribution in [0, 0.1) is 0 Å². The van der Waals surface area contributed by atoms with Crippen LogP contribution in [0.5, 0.6) is 0 Å². The van der Waals surface area contributed by atoms with Crippen LogP contribution in [0.15, 0.2) is 61.1 Å². The summed E-state index contributed by atoms with van der Waals surface area (Å²) in [7, 11) is 0. The third-order valence-corrected chi connectivity index (χ3v) is 2.61. The highest BCUT2D eigenvalue weighted by atomic mass is 14.7. The molecule has 2 heterocycles. The molecule has 0 aliphatic rings. The smallest absolute Gasteiger partial charge is 0.0723 e. The van der Waals surface area contributed by atoms with Gasteiger partial charge in [-0.05, 0) is 17.5 Å². The van der Waals surface area contributed by atoms with Crippen LogP contribution in [-0.4, -0.2) is 9.97 Å². The Morgan fingerprint density at radius 3 is 2.56 bits per heavy atom. The van der Waals surface area contributed by atoms with Crippen molar-refractivity contribution in [3.05, 3.63) is 61.1 Å². The third kappa shape index (κ3) is 1.44. The highest BCUT2D eigenvalue weighted by Gasteiger charge is 2.03. The van der Waals surface area contributed by atoms with E-state index in [1.807, 2.05) is 42.7 Å². The largest absolute Gasteiger partial charge is 0.263 e. The Bertz CT molecular complexity index is 612. The van der Waals surface area contributed by atoms with Crippen LogP contribution >= 0.6 is 0 Å². The lowest BCUT2D eigenvalue weighted by Gasteiger charge is -2.04. The Balaban J connectivity index is 2.32. The van der Waals surface area contributed by atoms with E-state index in [0.29, 0.717) is 0 Å². The van der Waals surface area contributed by atoms with E-state index in [1.165, 1.54) is 5.39 Å². The van der Waals surface area contributed by atoms with Crippen LogP contribution in [0.1, 0.15) is 0 Å². The summed E-state index contributed by atoms with van der Waals surface area (Å²) in [5, 5.41) is 2.34. The summed E-state index contributed by atoms with van der Waals surface area (Å²) in [4.78, 5) is 8.61. The fraction of sp³-hybridized carbons (Fsp3) is 0. The predicted molar refractivity (Wildman–Crippen MR) is 65.0 cm³/mol. The molecule has 0 amide bonds. The number of fused-ring (bicyclic) bond motifs is 1. The zero-order valence-electron chi connectivity index (χ0n) is 8.67. The van der Waals surface area contributed by atoms with Crippen LogP contribution in [0.25, 0.3) is 22.0 Å². The second-order valence-corrected chi connectivity index (χ2v) is 3.62. The minimum Gasteiger partial charge on any atom is -0.263 e. The fourth-order valence-corrected chi connectivity index (χ4v) is 1.84. The first-order valence-corrected chi connectivity index (χ1v) is 5.19. The normalized spacial score (nSPS) is 10.5. The molecule has 0 fully saturated rings. The van der Waals surface area contributed by atoms with Crippen molar-refractivity contribution in [1.29, 1.82) is 0 Å². The first-order valence-electron chi connectivity index (χ1n) is 5.19. The predicted octanol–water partition coefficient (Wildman–Crippen LogP) is 3.30. The van der Waals surface area contributed by atoms with E-state index in [2.05, 4.69) is 22.1 Å². The Morgan fingerprint density at radius 1 is 0.812 bits per heavy atom. The number of rotatable bonds is 1. The molecule has 0 saturated heterocycles. The molecule has 0 saturated carbocycles. The lowest BCUT2D eigenvalue weighted by atomic mass is 10.1. The second-order valence-electron chi connectivity index (χ2n) is 3.62. The standard InChI is InChI=1S/C14H10N2/c1-2-6-12-11(5-1)9-15-10-13(12)14-7-3-4-8-16-14/h1-10H. The zero-order chi connectivity index (χ0) is 10.8. The summed E-state index contributed by atoms with van der Waals surface area (Å²) in [5.74, 6) is 0. The van der Waals surface area contributed by atoms with Gasteiger partial charge in [-0.25, -0.2) is 0 Å². The van der Waals surface area contributed by atoms with Gasteiger partial charge in [0.05, 0.1) is 5.69 Å². The Kier molecular flexibility index (Phi) is 2.11. The van der Waals surface area contributed by atoms with Crippen molar-refractivity contribution in [3.63, 3.8) is 0 Å². The van der Waals surface area contributed by atoms with Gasteiger partial charge in [0.1, 0.15) is 0 Å². The molecule has 3 rings (SSSR count). The average molecular weight is 206 g/mol. The monoisotopic (exact) mass is 206 g/mol. The molecule has 1 aromatic carbocycles. The molecular weight excluding hydrogens is 196 g/mol. The number of pyridine rings is 2. The molecule has 0 aliphatic heterocycles. The van der Waals surface area contributed by atoms with Crippen LogP contribution in [0.3, 0.4) is 0 Å². The number of nitrogens with zero attached hydrogens (tertiary/aromatic N) is 2. The molecule has 2 aromatic heterocycles. The number of hydrogen-bond acceptors (Lipinski definition) is 2. The van der Waals surface area contributed by atoms with E-state index < -0.39 is 0 Å². The maximum Gasteiger partial charge on any atom is 0.0723 e. The SMILES string of the molecule is c1ccc(-c2cncc3ccccc23)nc1. The summed E-state index contributed by atoms with van der Waals surface area (Å²) < 4.78 is 0. The van der Waals surface area contributed by atoms with Gasteiger partial charge in [-0.1, -0.05) is 30.3 Å². The van der Waals surface area contributed by atoms with Gasteiger partial charge in [0.15, 0.2) is 0 Å². The summed E-state index contributed by atoms with van der Waals surface area (Å²) in [5.41, 5.74) is 2.05. The molecule has 3 aromatic rings. The van der Waals surface area contributed by atoms with Crippen LogP contribution < -0.4 is 0 Å². The van der Waals surface area contributed by atoms with Crippen molar-refractivity contribution in [2.75, 3.05) is 0 Å². The fourth-order valence-electron chi connectivity index (χ4n) is 1.84. The van der Waals surface area contributed by atoms with Crippen molar-refractivity contribution in [1.82, 2.24) is 9.97 Å². The molecule has 0 unspecified atom stereocenters. The number of hydrogen-bond donors (Lipinski definition) is 0. The zero-order valence-corrected chi connectivity index (χ0v) is 8.67. The van der Waals surface area contributed by atoms with Crippen molar-refractivity contribution < 1.29 is 0 Å². The summed E-state index contributed by atoms with van der Waals surface area (Å²) in [6.45, 7) is 0. The van der Waals surface area contributed by atoms with Crippen molar-refractivity contribution in [2.24, 2.45) is 0 Å². The quantitative estimate of drug-likeness (QED) is 0.610. The lowest BCUT2D eigenvalue weighted by Crippen LogP contribution is -1.85. The van der Waals surface area contributed by atoms with Gasteiger partial charge in [0, 0.05) is 29.5 Å². The number of benzene rings is 1. The second kappa shape index (κ2) is 3.74. The molecule has 2 nitrogen and oxygen atoms in total. The Labute approximate surface area is 93.6 Å². The summed E-state index contributed by atoms with van der Waals surface area (Å²) >= 11 is 0. The third-order valence-electron chi connectivity index (χ3n) is 2.61. The van der Waals surface area contributed by atoms with E-state index in [-0.39, 0.29) is 0 Å². The average Bonchev–Trinajstić information content (AvgIpc) is 2.39. The highest BCUT2D eigenvalue weighted by molar-refractivity contribution is 5.94. The van der Waals surface area contributed by atoms with Gasteiger partial charge in [-0.3, -0.25) is 9.97 Å². The van der Waals surface area contributed by atoms with Gasteiger partial charge >= 0.3 is 0 Å². The Morgan fingerprint density at radius 2 is 1.69 bits per heavy atom. The van der Waals surface area contributed by atoms with Crippen LogP contribution in [0.2, 0.25) is 0 Å². The van der Waals surface area contributed by atoms with E-state index in [1.54, 1.807) is 6.20 Å².